The molecule has 2 fully saturated rings. The van der Waals surface area contributed by atoms with Crippen molar-refractivity contribution in [2.45, 2.75) is 37.6 Å². The summed E-state index contributed by atoms with van der Waals surface area (Å²) in [5, 5.41) is 3.17. The van der Waals surface area contributed by atoms with Crippen LogP contribution in [0.15, 0.2) is 59.7 Å². The molecule has 0 spiro atoms. The van der Waals surface area contributed by atoms with E-state index >= 15 is 0 Å². The smallest absolute Gasteiger partial charge is 0.157 e. The van der Waals surface area contributed by atoms with Gasteiger partial charge in [0.25, 0.3) is 0 Å². The van der Waals surface area contributed by atoms with Gasteiger partial charge in [-0.1, -0.05) is 12.1 Å². The molecule has 10 nitrogen and oxygen atoms in total. The molecule has 0 amide bonds. The fourth-order valence-electron chi connectivity index (χ4n) is 6.01. The number of nitrogens with zero attached hydrogens (tertiary/aromatic N) is 4. The third-order valence-electron chi connectivity index (χ3n) is 8.60. The van der Waals surface area contributed by atoms with Gasteiger partial charge in [0, 0.05) is 74.8 Å². The van der Waals surface area contributed by atoms with Gasteiger partial charge >= 0.3 is 0 Å². The zero-order valence-electron chi connectivity index (χ0n) is 25.1. The number of nitrogens with one attached hydrogen (secondary N) is 1. The van der Waals surface area contributed by atoms with Gasteiger partial charge in [0.2, 0.25) is 0 Å². The lowest BCUT2D eigenvalue weighted by molar-refractivity contribution is -0.164. The van der Waals surface area contributed by atoms with Crippen molar-refractivity contribution in [2.24, 2.45) is 10.7 Å². The molecule has 4 heterocycles. The third kappa shape index (κ3) is 7.03. The van der Waals surface area contributed by atoms with Crippen molar-refractivity contribution < 1.29 is 18.6 Å². The molecule has 0 bridgehead atoms. The molecule has 11 heteroatoms. The Kier molecular flexibility index (Phi) is 9.68. The Morgan fingerprint density at radius 3 is 2.64 bits per heavy atom. The van der Waals surface area contributed by atoms with Crippen LogP contribution in [-0.2, 0) is 15.1 Å². The summed E-state index contributed by atoms with van der Waals surface area (Å²) < 4.78 is 32.1. The Hall–Kier alpha value is -3.61. The zero-order chi connectivity index (χ0) is 30.4. The highest BCUT2D eigenvalue weighted by Gasteiger charge is 2.35. The van der Waals surface area contributed by atoms with Crippen molar-refractivity contribution in [1.29, 1.82) is 0 Å². The quantitative estimate of drug-likeness (QED) is 0.222. The maximum atomic E-state index is 14.5. The van der Waals surface area contributed by atoms with Gasteiger partial charge in [-0.2, -0.15) is 0 Å². The Bertz CT molecular complexity index is 1440. The topological polar surface area (TPSA) is 123 Å². The second-order valence-electron chi connectivity index (χ2n) is 11.6. The maximum Gasteiger partial charge on any atom is 0.157 e. The van der Waals surface area contributed by atoms with Crippen molar-refractivity contribution in [3.63, 3.8) is 0 Å². The SMILES string of the molecule is Nc1cc2c(cc1OCCCN1CCN(CCOC3CCCCO3)CC1)N=CNC2(N)c1ccnc(-c2ccccc2F)c1. The summed E-state index contributed by atoms with van der Waals surface area (Å²) in [6.07, 6.45) is 7.41. The molecule has 6 rings (SSSR count). The Morgan fingerprint density at radius 1 is 1.02 bits per heavy atom. The first-order chi connectivity index (χ1) is 21.5. The molecule has 2 aromatic carbocycles. The molecule has 44 heavy (non-hydrogen) atoms. The normalized spacial score (nSPS) is 22.4. The second kappa shape index (κ2) is 14.0. The highest BCUT2D eigenvalue weighted by Crippen LogP contribution is 2.40. The van der Waals surface area contributed by atoms with Gasteiger partial charge in [0.15, 0.2) is 6.29 Å². The summed E-state index contributed by atoms with van der Waals surface area (Å²) >= 11 is 0. The summed E-state index contributed by atoms with van der Waals surface area (Å²) in [5.41, 5.74) is 15.7. The van der Waals surface area contributed by atoms with Crippen LogP contribution in [0, 0.1) is 5.82 Å². The monoisotopic (exact) mass is 603 g/mol. The molecule has 0 radical (unpaired) electrons. The van der Waals surface area contributed by atoms with E-state index in [9.17, 15) is 4.39 Å². The van der Waals surface area contributed by atoms with E-state index in [4.69, 9.17) is 25.7 Å². The fraction of sp³-hybridized carbons (Fsp3) is 0.455. The van der Waals surface area contributed by atoms with Gasteiger partial charge in [-0.3, -0.25) is 9.88 Å². The number of rotatable bonds is 11. The van der Waals surface area contributed by atoms with Crippen LogP contribution in [0.1, 0.15) is 36.8 Å². The average molecular weight is 604 g/mol. The van der Waals surface area contributed by atoms with Crippen LogP contribution < -0.4 is 21.5 Å². The van der Waals surface area contributed by atoms with Gasteiger partial charge in [0.05, 0.1) is 36.6 Å². The number of nitrogens with two attached hydrogens (primary N) is 2. The van der Waals surface area contributed by atoms with Crippen molar-refractivity contribution in [2.75, 3.05) is 64.8 Å². The summed E-state index contributed by atoms with van der Waals surface area (Å²) in [6, 6.07) is 13.8. The summed E-state index contributed by atoms with van der Waals surface area (Å²) in [4.78, 5) is 13.8. The van der Waals surface area contributed by atoms with E-state index in [-0.39, 0.29) is 12.1 Å². The molecular formula is C33H42FN7O3. The lowest BCUT2D eigenvalue weighted by atomic mass is 9.89. The van der Waals surface area contributed by atoms with Gasteiger partial charge in [0.1, 0.15) is 17.2 Å². The number of ether oxygens (including phenoxy) is 3. The van der Waals surface area contributed by atoms with Crippen molar-refractivity contribution in [3.05, 3.63) is 71.7 Å². The van der Waals surface area contributed by atoms with Gasteiger partial charge in [-0.05, 0) is 56.0 Å². The number of hydrogen-bond acceptors (Lipinski definition) is 10. The van der Waals surface area contributed by atoms with Crippen LogP contribution in [0.3, 0.4) is 0 Å². The number of halogens is 1. The predicted molar refractivity (Wildman–Crippen MR) is 169 cm³/mol. The Labute approximate surface area is 258 Å². The Morgan fingerprint density at radius 2 is 1.84 bits per heavy atom. The number of piperazine rings is 1. The molecule has 1 aromatic heterocycles. The van der Waals surface area contributed by atoms with Gasteiger partial charge in [-0.15, -0.1) is 0 Å². The number of nitrogen functional groups attached to an aromatic ring is 1. The first kappa shape index (κ1) is 30.4. The molecule has 3 aliphatic rings. The average Bonchev–Trinajstić information content (AvgIpc) is 3.05. The number of hydrogen-bond donors (Lipinski definition) is 3. The first-order valence-corrected chi connectivity index (χ1v) is 15.5. The highest BCUT2D eigenvalue weighted by molar-refractivity contribution is 5.76. The molecule has 2 atom stereocenters. The van der Waals surface area contributed by atoms with Gasteiger partial charge in [-0.25, -0.2) is 9.38 Å². The molecule has 2 unspecified atom stereocenters. The number of benzene rings is 2. The largest absolute Gasteiger partial charge is 0.491 e. The third-order valence-corrected chi connectivity index (χ3v) is 8.60. The second-order valence-corrected chi connectivity index (χ2v) is 11.6. The number of fused-ring (bicyclic) bond motifs is 1. The molecular weight excluding hydrogens is 561 g/mol. The van der Waals surface area contributed by atoms with Crippen LogP contribution in [0.25, 0.3) is 11.3 Å². The van der Waals surface area contributed by atoms with E-state index in [0.29, 0.717) is 46.1 Å². The van der Waals surface area contributed by atoms with Gasteiger partial charge < -0.3 is 35.9 Å². The molecule has 0 saturated carbocycles. The molecule has 234 valence electrons. The number of aromatic nitrogens is 1. The van der Waals surface area contributed by atoms with Crippen molar-refractivity contribution >= 4 is 17.7 Å². The van der Waals surface area contributed by atoms with E-state index < -0.39 is 5.66 Å². The number of pyridine rings is 1. The molecule has 3 aliphatic heterocycles. The van der Waals surface area contributed by atoms with Crippen LogP contribution >= 0.6 is 0 Å². The van der Waals surface area contributed by atoms with Crippen LogP contribution in [0.5, 0.6) is 5.75 Å². The standard InChI is InChI=1S/C33H42FN7O3/c34-27-7-2-1-6-25(27)29-20-24(9-10-37-29)33(36)26-21-28(35)31(22-30(26)38-23-39-33)42-18-5-11-40-12-14-41(15-13-40)16-19-44-32-8-3-4-17-43-32/h1-2,6-7,9-10,20-23,32H,3-5,8,11-19,35-36H2,(H,38,39). The fourth-order valence-corrected chi connectivity index (χ4v) is 6.01. The van der Waals surface area contributed by atoms with E-state index in [0.717, 1.165) is 71.7 Å². The van der Waals surface area contributed by atoms with E-state index in [2.05, 4.69) is 25.1 Å². The Balaban J connectivity index is 1.00. The van der Waals surface area contributed by atoms with E-state index in [1.165, 1.54) is 12.5 Å². The summed E-state index contributed by atoms with van der Waals surface area (Å²) in [5.74, 6) is 0.236. The maximum absolute atomic E-state index is 14.5. The molecule has 3 aromatic rings. The molecule has 0 aliphatic carbocycles. The minimum atomic E-state index is -1.13. The minimum absolute atomic E-state index is 0.0165. The summed E-state index contributed by atoms with van der Waals surface area (Å²) in [7, 11) is 0. The van der Waals surface area contributed by atoms with Crippen LogP contribution in [0.4, 0.5) is 15.8 Å². The van der Waals surface area contributed by atoms with E-state index in [1.807, 2.05) is 6.07 Å². The predicted octanol–water partition coefficient (Wildman–Crippen LogP) is 3.82. The van der Waals surface area contributed by atoms with Crippen LogP contribution in [-0.4, -0.2) is 86.5 Å². The minimum Gasteiger partial charge on any atom is -0.491 e. The first-order valence-electron chi connectivity index (χ1n) is 15.5. The molecule has 5 N–H and O–H groups in total. The van der Waals surface area contributed by atoms with Crippen molar-refractivity contribution in [3.8, 4) is 17.0 Å². The number of aliphatic imine (C=N–C) groups is 1. The van der Waals surface area contributed by atoms with Crippen molar-refractivity contribution in [1.82, 2.24) is 20.1 Å². The number of anilines is 1. The lowest BCUT2D eigenvalue weighted by Crippen LogP contribution is -2.52. The highest BCUT2D eigenvalue weighted by atomic mass is 19.1. The van der Waals surface area contributed by atoms with Crippen LogP contribution in [0.2, 0.25) is 0 Å². The lowest BCUT2D eigenvalue weighted by Gasteiger charge is -2.35. The molecule has 2 saturated heterocycles. The van der Waals surface area contributed by atoms with E-state index in [1.54, 1.807) is 48.9 Å². The summed E-state index contributed by atoms with van der Waals surface area (Å²) in [6.45, 7) is 8.16. The zero-order valence-corrected chi connectivity index (χ0v) is 25.1.